The van der Waals surface area contributed by atoms with E-state index in [2.05, 4.69) is 10.1 Å². The van der Waals surface area contributed by atoms with Crippen molar-refractivity contribution in [2.75, 3.05) is 26.2 Å². The molecule has 0 radical (unpaired) electrons. The van der Waals surface area contributed by atoms with E-state index in [1.165, 1.54) is 29.3 Å². The topological polar surface area (TPSA) is 70.8 Å². The number of aryl methyl sites for hydroxylation is 2. The van der Waals surface area contributed by atoms with Crippen molar-refractivity contribution >= 4 is 29.1 Å². The van der Waals surface area contributed by atoms with E-state index in [1.54, 1.807) is 9.42 Å². The minimum absolute atomic E-state index is 0.0601. The van der Waals surface area contributed by atoms with Crippen molar-refractivity contribution in [3.8, 4) is 0 Å². The zero-order valence-corrected chi connectivity index (χ0v) is 16.8. The smallest absolute Gasteiger partial charge is 0.259 e. The molecule has 0 atom stereocenters. The second kappa shape index (κ2) is 7.44. The number of carbonyl (C=O) groups is 2. The van der Waals surface area contributed by atoms with Crippen LogP contribution >= 0.6 is 11.6 Å². The molecule has 9 heteroatoms. The van der Waals surface area contributed by atoms with Gasteiger partial charge in [0, 0.05) is 42.6 Å². The molecule has 0 spiro atoms. The maximum Gasteiger partial charge on any atom is 0.259 e. The molecule has 29 heavy (non-hydrogen) atoms. The summed E-state index contributed by atoms with van der Waals surface area (Å²) in [4.78, 5) is 33.3. The SMILES string of the molecule is Cc1cc(C)n2ncc(C(=O)N3CCN(C(=O)c4cc(Cl)ccc4F)CC3)c2n1. The first-order valence-electron chi connectivity index (χ1n) is 9.21. The molecule has 1 saturated heterocycles. The molecule has 4 rings (SSSR count). The van der Waals surface area contributed by atoms with Crippen molar-refractivity contribution in [2.45, 2.75) is 13.8 Å². The fourth-order valence-corrected chi connectivity index (χ4v) is 3.71. The first-order valence-corrected chi connectivity index (χ1v) is 9.58. The Morgan fingerprint density at radius 3 is 2.28 bits per heavy atom. The maximum atomic E-state index is 14.0. The number of piperazine rings is 1. The second-order valence-electron chi connectivity index (χ2n) is 7.04. The zero-order chi connectivity index (χ0) is 20.7. The van der Waals surface area contributed by atoms with Gasteiger partial charge in [-0.1, -0.05) is 11.6 Å². The Morgan fingerprint density at radius 2 is 1.62 bits per heavy atom. The number of carbonyl (C=O) groups excluding carboxylic acids is 2. The van der Waals surface area contributed by atoms with Gasteiger partial charge in [0.1, 0.15) is 11.4 Å². The van der Waals surface area contributed by atoms with Gasteiger partial charge in [0.15, 0.2) is 5.65 Å². The highest BCUT2D eigenvalue weighted by atomic mass is 35.5. The van der Waals surface area contributed by atoms with Gasteiger partial charge in [0.25, 0.3) is 11.8 Å². The molecule has 150 valence electrons. The van der Waals surface area contributed by atoms with Crippen LogP contribution in [-0.2, 0) is 0 Å². The van der Waals surface area contributed by atoms with Crippen molar-refractivity contribution in [1.29, 1.82) is 0 Å². The molecule has 0 unspecified atom stereocenters. The summed E-state index contributed by atoms with van der Waals surface area (Å²) in [5.74, 6) is -1.22. The summed E-state index contributed by atoms with van der Waals surface area (Å²) in [5, 5.41) is 4.56. The van der Waals surface area contributed by atoms with E-state index in [4.69, 9.17) is 11.6 Å². The normalized spacial score (nSPS) is 14.5. The van der Waals surface area contributed by atoms with Gasteiger partial charge in [-0.2, -0.15) is 5.10 Å². The van der Waals surface area contributed by atoms with E-state index in [0.29, 0.717) is 42.4 Å². The second-order valence-corrected chi connectivity index (χ2v) is 7.48. The lowest BCUT2D eigenvalue weighted by Gasteiger charge is -2.34. The Labute approximate surface area is 171 Å². The van der Waals surface area contributed by atoms with E-state index in [-0.39, 0.29) is 11.5 Å². The van der Waals surface area contributed by atoms with E-state index in [1.807, 2.05) is 19.9 Å². The minimum atomic E-state index is -0.610. The number of nitrogens with zero attached hydrogens (tertiary/aromatic N) is 5. The summed E-state index contributed by atoms with van der Waals surface area (Å²) in [5.41, 5.74) is 2.59. The summed E-state index contributed by atoms with van der Waals surface area (Å²) in [6.45, 7) is 5.07. The van der Waals surface area contributed by atoms with Gasteiger partial charge >= 0.3 is 0 Å². The third kappa shape index (κ3) is 3.55. The summed E-state index contributed by atoms with van der Waals surface area (Å²) in [7, 11) is 0. The number of rotatable bonds is 2. The van der Waals surface area contributed by atoms with E-state index < -0.39 is 11.7 Å². The van der Waals surface area contributed by atoms with Gasteiger partial charge in [-0.05, 0) is 38.1 Å². The third-order valence-corrected chi connectivity index (χ3v) is 5.26. The molecule has 0 saturated carbocycles. The van der Waals surface area contributed by atoms with Crippen LogP contribution in [0, 0.1) is 19.7 Å². The maximum absolute atomic E-state index is 14.0. The zero-order valence-electron chi connectivity index (χ0n) is 16.0. The van der Waals surface area contributed by atoms with Gasteiger partial charge < -0.3 is 9.80 Å². The standard InChI is InChI=1S/C20H19ClFN5O2/c1-12-9-13(2)27-18(24-12)16(11-23-27)20(29)26-7-5-25(6-8-26)19(28)15-10-14(21)3-4-17(15)22/h3-4,9-11H,5-8H2,1-2H3. The number of halogens is 2. The van der Waals surface area contributed by atoms with Crippen LogP contribution in [0.4, 0.5) is 4.39 Å². The van der Waals surface area contributed by atoms with Gasteiger partial charge in [-0.3, -0.25) is 9.59 Å². The van der Waals surface area contributed by atoms with Crippen LogP contribution in [0.3, 0.4) is 0 Å². The fourth-order valence-electron chi connectivity index (χ4n) is 3.54. The Balaban J connectivity index is 1.49. The summed E-state index contributed by atoms with van der Waals surface area (Å²) in [6, 6.07) is 5.80. The third-order valence-electron chi connectivity index (χ3n) is 5.02. The lowest BCUT2D eigenvalue weighted by atomic mass is 10.1. The molecule has 1 aromatic carbocycles. The highest BCUT2D eigenvalue weighted by Crippen LogP contribution is 2.19. The molecule has 0 aliphatic carbocycles. The van der Waals surface area contributed by atoms with Crippen LogP contribution in [0.25, 0.3) is 5.65 Å². The molecule has 1 aliphatic rings. The van der Waals surface area contributed by atoms with Crippen molar-refractivity contribution in [1.82, 2.24) is 24.4 Å². The number of hydrogen-bond acceptors (Lipinski definition) is 4. The Hall–Kier alpha value is -3.00. The minimum Gasteiger partial charge on any atom is -0.335 e. The van der Waals surface area contributed by atoms with Crippen LogP contribution in [0.5, 0.6) is 0 Å². The summed E-state index contributed by atoms with van der Waals surface area (Å²) < 4.78 is 15.6. The number of benzene rings is 1. The molecular weight excluding hydrogens is 397 g/mol. The first kappa shape index (κ1) is 19.3. The quantitative estimate of drug-likeness (QED) is 0.645. The van der Waals surface area contributed by atoms with E-state index in [9.17, 15) is 14.0 Å². The van der Waals surface area contributed by atoms with Crippen LogP contribution in [0.2, 0.25) is 5.02 Å². The predicted molar refractivity (Wildman–Crippen MR) is 106 cm³/mol. The van der Waals surface area contributed by atoms with Gasteiger partial charge in [0.05, 0.1) is 11.8 Å². The number of amides is 2. The largest absolute Gasteiger partial charge is 0.335 e. The van der Waals surface area contributed by atoms with Crippen molar-refractivity contribution < 1.29 is 14.0 Å². The summed E-state index contributed by atoms with van der Waals surface area (Å²) >= 11 is 5.89. The fraction of sp³-hybridized carbons (Fsp3) is 0.300. The van der Waals surface area contributed by atoms with Gasteiger partial charge in [-0.25, -0.2) is 13.9 Å². The van der Waals surface area contributed by atoms with E-state index in [0.717, 1.165) is 11.4 Å². The van der Waals surface area contributed by atoms with Crippen LogP contribution < -0.4 is 0 Å². The average molecular weight is 416 g/mol. The molecule has 2 aromatic heterocycles. The van der Waals surface area contributed by atoms with Crippen LogP contribution in [-0.4, -0.2) is 62.4 Å². The lowest BCUT2D eigenvalue weighted by molar-refractivity contribution is 0.0533. The molecule has 0 N–H and O–H groups in total. The highest BCUT2D eigenvalue weighted by Gasteiger charge is 2.28. The Kier molecular flexibility index (Phi) is 4.96. The molecule has 3 aromatic rings. The predicted octanol–water partition coefficient (Wildman–Crippen LogP) is 2.74. The Bertz CT molecular complexity index is 1120. The molecule has 3 heterocycles. The lowest BCUT2D eigenvalue weighted by Crippen LogP contribution is -2.50. The van der Waals surface area contributed by atoms with Crippen LogP contribution in [0.15, 0.2) is 30.5 Å². The Morgan fingerprint density at radius 1 is 1.00 bits per heavy atom. The monoisotopic (exact) mass is 415 g/mol. The van der Waals surface area contributed by atoms with Crippen molar-refractivity contribution in [3.63, 3.8) is 0 Å². The molecule has 7 nitrogen and oxygen atoms in total. The number of hydrogen-bond donors (Lipinski definition) is 0. The summed E-state index contributed by atoms with van der Waals surface area (Å²) in [6.07, 6.45) is 1.52. The molecule has 0 bridgehead atoms. The number of aromatic nitrogens is 3. The molecular formula is C20H19ClFN5O2. The van der Waals surface area contributed by atoms with Crippen molar-refractivity contribution in [2.24, 2.45) is 0 Å². The van der Waals surface area contributed by atoms with Crippen LogP contribution in [0.1, 0.15) is 32.1 Å². The molecule has 2 amide bonds. The van der Waals surface area contributed by atoms with Gasteiger partial charge in [0.2, 0.25) is 0 Å². The molecule has 1 fully saturated rings. The van der Waals surface area contributed by atoms with Gasteiger partial charge in [-0.15, -0.1) is 0 Å². The van der Waals surface area contributed by atoms with Crippen molar-refractivity contribution in [3.05, 3.63) is 63.8 Å². The average Bonchev–Trinajstić information content (AvgIpc) is 3.13. The molecule has 1 aliphatic heterocycles. The number of fused-ring (bicyclic) bond motifs is 1. The first-order chi connectivity index (χ1) is 13.8. The van der Waals surface area contributed by atoms with E-state index >= 15 is 0 Å². The highest BCUT2D eigenvalue weighted by molar-refractivity contribution is 6.31.